The second-order valence-electron chi connectivity index (χ2n) is 11.1. The highest BCUT2D eigenvalue weighted by atomic mass is 16.5. The molecule has 0 fully saturated rings. The average Bonchev–Trinajstić information content (AvgIpc) is 3.25. The molecule has 4 atom stereocenters. The first-order chi connectivity index (χ1) is 17.0. The van der Waals surface area contributed by atoms with Crippen molar-refractivity contribution < 1.29 is 19.1 Å². The number of aliphatic imine (C=N–C) groups is 1. The molecule has 190 valence electrons. The number of benzene rings is 2. The van der Waals surface area contributed by atoms with Gasteiger partial charge in [0.25, 0.3) is 5.91 Å². The number of hydrogen-bond acceptors (Lipinski definition) is 6. The van der Waals surface area contributed by atoms with Crippen molar-refractivity contribution in [2.24, 2.45) is 16.6 Å². The van der Waals surface area contributed by atoms with Gasteiger partial charge >= 0.3 is 0 Å². The summed E-state index contributed by atoms with van der Waals surface area (Å²) in [5, 5.41) is 3.23. The maximum atomic E-state index is 13.4. The zero-order valence-electron chi connectivity index (χ0n) is 21.5. The number of carbonyl (C=O) groups excluding carboxylic acids is 2. The van der Waals surface area contributed by atoms with Crippen LogP contribution >= 0.6 is 0 Å². The van der Waals surface area contributed by atoms with E-state index in [1.54, 1.807) is 19.2 Å². The molecule has 3 N–H and O–H groups in total. The molecular weight excluding hydrogens is 456 g/mol. The van der Waals surface area contributed by atoms with Gasteiger partial charge in [-0.05, 0) is 62.4 Å². The molecule has 1 aliphatic carbocycles. The number of methoxy groups -OCH3 is 1. The Bertz CT molecular complexity index is 1260. The Morgan fingerprint density at radius 2 is 1.97 bits per heavy atom. The Hall–Kier alpha value is -3.39. The molecule has 3 aliphatic rings. The Balaban J connectivity index is 1.50. The van der Waals surface area contributed by atoms with Gasteiger partial charge in [-0.1, -0.05) is 31.2 Å². The van der Waals surface area contributed by atoms with E-state index in [4.69, 9.17) is 15.2 Å². The molecule has 8 nitrogen and oxygen atoms in total. The molecule has 2 unspecified atom stereocenters. The van der Waals surface area contributed by atoms with E-state index in [9.17, 15) is 9.59 Å². The number of nitrogens with zero attached hydrogens (tertiary/aromatic N) is 2. The number of carbonyl (C=O) groups is 2. The fourth-order valence-corrected chi connectivity index (χ4v) is 5.94. The van der Waals surface area contributed by atoms with Gasteiger partial charge in [0.2, 0.25) is 5.91 Å². The summed E-state index contributed by atoms with van der Waals surface area (Å²) in [5.74, 6) is 0.736. The van der Waals surface area contributed by atoms with E-state index in [2.05, 4.69) is 29.4 Å². The molecule has 2 aromatic carbocycles. The summed E-state index contributed by atoms with van der Waals surface area (Å²) < 4.78 is 11.8. The second kappa shape index (κ2) is 8.62. The summed E-state index contributed by atoms with van der Waals surface area (Å²) in [6, 6.07) is 13.0. The molecule has 0 saturated carbocycles. The number of hydrogen-bond donors (Lipinski definition) is 2. The molecule has 0 spiro atoms. The minimum absolute atomic E-state index is 0.0542. The van der Waals surface area contributed by atoms with Crippen molar-refractivity contribution in [3.05, 3.63) is 64.7 Å². The first-order valence-corrected chi connectivity index (χ1v) is 12.4. The maximum absolute atomic E-state index is 13.4. The quantitative estimate of drug-likeness (QED) is 0.667. The van der Waals surface area contributed by atoms with E-state index in [0.717, 1.165) is 6.42 Å². The zero-order valence-corrected chi connectivity index (χ0v) is 21.5. The highest BCUT2D eigenvalue weighted by Crippen LogP contribution is 2.48. The fourth-order valence-electron chi connectivity index (χ4n) is 5.94. The molecule has 0 radical (unpaired) electrons. The predicted molar refractivity (Wildman–Crippen MR) is 137 cm³/mol. The van der Waals surface area contributed by atoms with E-state index in [0.29, 0.717) is 22.8 Å². The van der Waals surface area contributed by atoms with Crippen LogP contribution < -0.4 is 15.8 Å². The predicted octanol–water partition coefficient (Wildman–Crippen LogP) is 3.51. The van der Waals surface area contributed by atoms with Crippen LogP contribution in [0.2, 0.25) is 0 Å². The van der Waals surface area contributed by atoms with Crippen molar-refractivity contribution in [1.82, 2.24) is 10.2 Å². The van der Waals surface area contributed by atoms with E-state index in [1.165, 1.54) is 16.0 Å². The fraction of sp³-hybridized carbons (Fsp3) is 0.464. The Kier molecular flexibility index (Phi) is 5.82. The molecule has 8 heteroatoms. The molecular formula is C28H34N4O4. The molecule has 2 heterocycles. The Morgan fingerprint density at radius 3 is 2.69 bits per heavy atom. The van der Waals surface area contributed by atoms with E-state index in [1.807, 2.05) is 39.0 Å². The van der Waals surface area contributed by atoms with Crippen LogP contribution in [0.3, 0.4) is 0 Å². The van der Waals surface area contributed by atoms with Gasteiger partial charge in [0.15, 0.2) is 11.6 Å². The van der Waals surface area contributed by atoms with Crippen molar-refractivity contribution in [3.8, 4) is 5.75 Å². The lowest BCUT2D eigenvalue weighted by Gasteiger charge is -2.41. The van der Waals surface area contributed by atoms with E-state index in [-0.39, 0.29) is 36.8 Å². The Labute approximate surface area is 211 Å². The van der Waals surface area contributed by atoms with Crippen LogP contribution in [-0.4, -0.2) is 47.5 Å². The summed E-state index contributed by atoms with van der Waals surface area (Å²) in [7, 11) is 1.59. The van der Waals surface area contributed by atoms with Gasteiger partial charge in [-0.3, -0.25) is 14.5 Å². The average molecular weight is 491 g/mol. The van der Waals surface area contributed by atoms with Crippen molar-refractivity contribution in [3.63, 3.8) is 0 Å². The number of rotatable bonds is 5. The summed E-state index contributed by atoms with van der Waals surface area (Å²) in [4.78, 5) is 32.8. The number of ether oxygens (including phenoxy) is 2. The minimum Gasteiger partial charge on any atom is -0.482 e. The van der Waals surface area contributed by atoms with Crippen LogP contribution in [-0.2, 0) is 16.0 Å². The van der Waals surface area contributed by atoms with Gasteiger partial charge in [-0.2, -0.15) is 0 Å². The normalized spacial score (nSPS) is 28.2. The molecule has 2 amide bonds. The van der Waals surface area contributed by atoms with Gasteiger partial charge in [-0.25, -0.2) is 4.99 Å². The topological polar surface area (TPSA) is 106 Å². The lowest BCUT2D eigenvalue weighted by molar-refractivity contribution is -0.135. The molecule has 0 aromatic heterocycles. The number of amides is 2. The van der Waals surface area contributed by atoms with Crippen LogP contribution in [0, 0.1) is 5.92 Å². The van der Waals surface area contributed by atoms with Crippen molar-refractivity contribution in [1.29, 1.82) is 0 Å². The van der Waals surface area contributed by atoms with Crippen LogP contribution in [0.25, 0.3) is 0 Å². The third kappa shape index (κ3) is 4.03. The molecule has 2 aromatic rings. The number of guanidine groups is 1. The molecule has 5 rings (SSSR count). The zero-order chi connectivity index (χ0) is 25.8. The summed E-state index contributed by atoms with van der Waals surface area (Å²) in [6.07, 6.45) is 1.16. The standard InChI is InChI=1S/C28H34N4O4/c1-16-12-17-8-6-7-9-19(17)23(16)30-25(34)18-10-11-21-20(13-18)24(28(4,36-21)15-35-5)32-22(33)14-27(2,3)31-26(32)29/h6-11,13,16,23-24H,12,14-15H2,1-5H3,(H2,29,31)(H,30,34)/t16-,23+,24?,28?/m1/s1. The lowest BCUT2D eigenvalue weighted by Crippen LogP contribution is -2.57. The molecule has 36 heavy (non-hydrogen) atoms. The highest BCUT2D eigenvalue weighted by Gasteiger charge is 2.52. The molecule has 0 saturated heterocycles. The molecule has 2 aliphatic heterocycles. The van der Waals surface area contributed by atoms with E-state index < -0.39 is 17.2 Å². The first-order valence-electron chi connectivity index (χ1n) is 12.4. The first kappa shape index (κ1) is 24.3. The SMILES string of the molecule is COCC1(C)Oc2ccc(C(=O)N[C@@H]3c4ccccc4C[C@H]3C)cc2C1N1C(=O)CC(C)(C)N=C1N. The van der Waals surface area contributed by atoms with Crippen molar-refractivity contribution >= 4 is 17.8 Å². The third-order valence-electron chi connectivity index (χ3n) is 7.48. The van der Waals surface area contributed by atoms with Gasteiger partial charge < -0.3 is 20.5 Å². The third-order valence-corrected chi connectivity index (χ3v) is 7.48. The van der Waals surface area contributed by atoms with Crippen LogP contribution in [0.15, 0.2) is 47.5 Å². The number of nitrogens with two attached hydrogens (primary N) is 1. The monoisotopic (exact) mass is 490 g/mol. The lowest BCUT2D eigenvalue weighted by atomic mass is 9.88. The van der Waals surface area contributed by atoms with Crippen LogP contribution in [0.5, 0.6) is 5.75 Å². The highest BCUT2D eigenvalue weighted by molar-refractivity contribution is 6.00. The summed E-state index contributed by atoms with van der Waals surface area (Å²) >= 11 is 0. The largest absolute Gasteiger partial charge is 0.482 e. The van der Waals surface area contributed by atoms with Gasteiger partial charge in [0, 0.05) is 18.2 Å². The van der Waals surface area contributed by atoms with Crippen molar-refractivity contribution in [2.75, 3.05) is 13.7 Å². The number of nitrogens with one attached hydrogen (secondary N) is 1. The number of fused-ring (bicyclic) bond motifs is 2. The molecule has 0 bridgehead atoms. The smallest absolute Gasteiger partial charge is 0.251 e. The summed E-state index contributed by atoms with van der Waals surface area (Å²) in [5.41, 5.74) is 8.52. The van der Waals surface area contributed by atoms with Crippen LogP contribution in [0.1, 0.15) is 73.2 Å². The van der Waals surface area contributed by atoms with Gasteiger partial charge in [-0.15, -0.1) is 0 Å². The second-order valence-corrected chi connectivity index (χ2v) is 11.1. The Morgan fingerprint density at radius 1 is 1.22 bits per heavy atom. The van der Waals surface area contributed by atoms with Crippen molar-refractivity contribution in [2.45, 2.75) is 63.8 Å². The van der Waals surface area contributed by atoms with Crippen LogP contribution in [0.4, 0.5) is 0 Å². The van der Waals surface area contributed by atoms with Gasteiger partial charge in [0.1, 0.15) is 11.8 Å². The minimum atomic E-state index is -0.900. The maximum Gasteiger partial charge on any atom is 0.251 e. The van der Waals surface area contributed by atoms with E-state index >= 15 is 0 Å². The summed E-state index contributed by atoms with van der Waals surface area (Å²) in [6.45, 7) is 8.03. The van der Waals surface area contributed by atoms with Gasteiger partial charge in [0.05, 0.1) is 24.6 Å².